The molecular weight excluding hydrogens is 226 g/mol. The fourth-order valence-corrected chi connectivity index (χ4v) is 1.32. The molecule has 0 radical (unpaired) electrons. The molecule has 0 aliphatic rings. The van der Waals surface area contributed by atoms with Gasteiger partial charge in [-0.05, 0) is 12.5 Å². The van der Waals surface area contributed by atoms with Gasteiger partial charge in [0.25, 0.3) is 6.43 Å². The van der Waals surface area contributed by atoms with Crippen molar-refractivity contribution in [1.82, 2.24) is 0 Å². The summed E-state index contributed by atoms with van der Waals surface area (Å²) in [5.41, 5.74) is 5.43. The maximum atomic E-state index is 12.4. The number of aryl methyl sites for hydroxylation is 1. The number of hydrogen-bond acceptors (Lipinski definition) is 2. The van der Waals surface area contributed by atoms with Crippen LogP contribution >= 0.6 is 0 Å². The SMILES string of the molecule is Cc1cccc(C(N)C(F)F)c1OC(F)F. The Kier molecular flexibility index (Phi) is 4.12. The van der Waals surface area contributed by atoms with Crippen LogP contribution in [0.1, 0.15) is 17.2 Å². The van der Waals surface area contributed by atoms with Crippen molar-refractivity contribution in [3.05, 3.63) is 29.3 Å². The van der Waals surface area contributed by atoms with Gasteiger partial charge in [0.05, 0.1) is 6.04 Å². The zero-order valence-electron chi connectivity index (χ0n) is 8.46. The Bertz CT molecular complexity index is 357. The molecule has 90 valence electrons. The Morgan fingerprint density at radius 1 is 1.19 bits per heavy atom. The number of benzene rings is 1. The van der Waals surface area contributed by atoms with Gasteiger partial charge in [-0.2, -0.15) is 8.78 Å². The highest BCUT2D eigenvalue weighted by Crippen LogP contribution is 2.31. The van der Waals surface area contributed by atoms with Crippen molar-refractivity contribution < 1.29 is 22.3 Å². The number of hydrogen-bond donors (Lipinski definition) is 1. The van der Waals surface area contributed by atoms with Gasteiger partial charge in [0.15, 0.2) is 0 Å². The van der Waals surface area contributed by atoms with Crippen molar-refractivity contribution in [2.24, 2.45) is 5.73 Å². The number of halogens is 4. The molecule has 2 nitrogen and oxygen atoms in total. The van der Waals surface area contributed by atoms with Crippen molar-refractivity contribution in [1.29, 1.82) is 0 Å². The van der Waals surface area contributed by atoms with E-state index in [0.717, 1.165) is 0 Å². The van der Waals surface area contributed by atoms with Crippen LogP contribution in [0.4, 0.5) is 17.6 Å². The molecule has 16 heavy (non-hydrogen) atoms. The zero-order valence-corrected chi connectivity index (χ0v) is 8.46. The Labute approximate surface area is 90.0 Å². The Hall–Kier alpha value is -1.30. The fourth-order valence-electron chi connectivity index (χ4n) is 1.32. The van der Waals surface area contributed by atoms with E-state index < -0.39 is 19.1 Å². The fraction of sp³-hybridized carbons (Fsp3) is 0.400. The molecule has 0 aromatic heterocycles. The summed E-state index contributed by atoms with van der Waals surface area (Å²) in [6, 6.07) is 2.57. The standard InChI is InChI=1S/C10H11F4NO/c1-5-3-2-4-6(7(15)9(11)12)8(5)16-10(13)14/h2-4,7,9-10H,15H2,1H3. The van der Waals surface area contributed by atoms with E-state index in [2.05, 4.69) is 4.74 Å². The predicted octanol–water partition coefficient (Wildman–Crippen LogP) is 2.86. The zero-order chi connectivity index (χ0) is 12.3. The molecule has 1 rings (SSSR count). The van der Waals surface area contributed by atoms with E-state index in [-0.39, 0.29) is 11.3 Å². The largest absolute Gasteiger partial charge is 0.434 e. The molecule has 6 heteroatoms. The van der Waals surface area contributed by atoms with Crippen molar-refractivity contribution in [2.75, 3.05) is 0 Å². The van der Waals surface area contributed by atoms with Gasteiger partial charge < -0.3 is 10.5 Å². The van der Waals surface area contributed by atoms with Gasteiger partial charge in [-0.25, -0.2) is 8.78 Å². The molecular formula is C10H11F4NO. The van der Waals surface area contributed by atoms with E-state index in [4.69, 9.17) is 5.73 Å². The summed E-state index contributed by atoms with van der Waals surface area (Å²) in [4.78, 5) is 0. The lowest BCUT2D eigenvalue weighted by Crippen LogP contribution is -2.21. The van der Waals surface area contributed by atoms with Gasteiger partial charge in [-0.1, -0.05) is 18.2 Å². The lowest BCUT2D eigenvalue weighted by molar-refractivity contribution is -0.0516. The average Bonchev–Trinajstić information content (AvgIpc) is 2.19. The molecule has 1 aromatic carbocycles. The summed E-state index contributed by atoms with van der Waals surface area (Å²) in [6.07, 6.45) is -2.83. The van der Waals surface area contributed by atoms with Crippen LogP contribution < -0.4 is 10.5 Å². The lowest BCUT2D eigenvalue weighted by atomic mass is 10.0. The molecule has 0 aliphatic carbocycles. The van der Waals surface area contributed by atoms with Crippen molar-refractivity contribution in [2.45, 2.75) is 26.0 Å². The van der Waals surface area contributed by atoms with Gasteiger partial charge in [-0.3, -0.25) is 0 Å². The molecule has 0 fully saturated rings. The third kappa shape index (κ3) is 2.85. The quantitative estimate of drug-likeness (QED) is 0.817. The summed E-state index contributed by atoms with van der Waals surface area (Å²) in [5.74, 6) is -0.273. The molecule has 0 aliphatic heterocycles. The highest BCUT2D eigenvalue weighted by Gasteiger charge is 2.23. The van der Waals surface area contributed by atoms with E-state index in [1.165, 1.54) is 25.1 Å². The van der Waals surface area contributed by atoms with Crippen LogP contribution in [0.25, 0.3) is 0 Å². The highest BCUT2D eigenvalue weighted by molar-refractivity contribution is 5.42. The third-order valence-electron chi connectivity index (χ3n) is 2.08. The summed E-state index contributed by atoms with van der Waals surface area (Å²) in [6.45, 7) is -1.58. The molecule has 0 saturated heterocycles. The third-order valence-corrected chi connectivity index (χ3v) is 2.08. The highest BCUT2D eigenvalue weighted by atomic mass is 19.3. The van der Waals surface area contributed by atoms with Crippen LogP contribution in [0.2, 0.25) is 0 Å². The van der Waals surface area contributed by atoms with Crippen molar-refractivity contribution in [3.8, 4) is 5.75 Å². The minimum absolute atomic E-state index is 0.115. The maximum absolute atomic E-state index is 12.4. The number of para-hydroxylation sites is 1. The molecule has 1 aromatic rings. The Morgan fingerprint density at radius 3 is 2.31 bits per heavy atom. The molecule has 2 N–H and O–H groups in total. The van der Waals surface area contributed by atoms with Gasteiger partial charge in [0.1, 0.15) is 5.75 Å². The molecule has 0 spiro atoms. The molecule has 0 heterocycles. The van der Waals surface area contributed by atoms with Crippen LogP contribution in [0.15, 0.2) is 18.2 Å². The summed E-state index contributed by atoms with van der Waals surface area (Å²) in [7, 11) is 0. The van der Waals surface area contributed by atoms with Crippen LogP contribution in [-0.2, 0) is 0 Å². The monoisotopic (exact) mass is 237 g/mol. The first-order valence-corrected chi connectivity index (χ1v) is 4.51. The van der Waals surface area contributed by atoms with Crippen LogP contribution in [0.5, 0.6) is 5.75 Å². The first-order chi connectivity index (χ1) is 7.43. The van der Waals surface area contributed by atoms with E-state index >= 15 is 0 Å². The van der Waals surface area contributed by atoms with Crippen LogP contribution in [0, 0.1) is 6.92 Å². The number of alkyl halides is 4. The number of nitrogens with two attached hydrogens (primary N) is 1. The molecule has 1 atom stereocenters. The van der Waals surface area contributed by atoms with E-state index in [1.807, 2.05) is 0 Å². The minimum atomic E-state index is -3.07. The molecule has 0 bridgehead atoms. The average molecular weight is 237 g/mol. The topological polar surface area (TPSA) is 35.2 Å². The van der Waals surface area contributed by atoms with Crippen molar-refractivity contribution in [3.63, 3.8) is 0 Å². The number of rotatable bonds is 4. The van der Waals surface area contributed by atoms with Crippen LogP contribution in [0.3, 0.4) is 0 Å². The first-order valence-electron chi connectivity index (χ1n) is 4.51. The molecule has 1 unspecified atom stereocenters. The number of ether oxygens (including phenoxy) is 1. The minimum Gasteiger partial charge on any atom is -0.434 e. The van der Waals surface area contributed by atoms with Gasteiger partial charge in [-0.15, -0.1) is 0 Å². The smallest absolute Gasteiger partial charge is 0.387 e. The lowest BCUT2D eigenvalue weighted by Gasteiger charge is -2.17. The van der Waals surface area contributed by atoms with E-state index in [0.29, 0.717) is 5.56 Å². The van der Waals surface area contributed by atoms with Gasteiger partial charge >= 0.3 is 6.61 Å². The predicted molar refractivity (Wildman–Crippen MR) is 50.7 cm³/mol. The Morgan fingerprint density at radius 2 is 1.81 bits per heavy atom. The second kappa shape index (κ2) is 5.16. The second-order valence-electron chi connectivity index (χ2n) is 3.23. The van der Waals surface area contributed by atoms with E-state index in [1.54, 1.807) is 0 Å². The molecule has 0 saturated carbocycles. The van der Waals surface area contributed by atoms with Gasteiger partial charge in [0.2, 0.25) is 0 Å². The van der Waals surface area contributed by atoms with E-state index in [9.17, 15) is 17.6 Å². The Balaban J connectivity index is 3.12. The van der Waals surface area contributed by atoms with Crippen molar-refractivity contribution >= 4 is 0 Å². The normalized spacial score (nSPS) is 13.2. The summed E-state index contributed by atoms with van der Waals surface area (Å²) < 4.78 is 53.2. The molecule has 0 amide bonds. The maximum Gasteiger partial charge on any atom is 0.387 e. The first kappa shape index (κ1) is 12.8. The van der Waals surface area contributed by atoms with Gasteiger partial charge in [0, 0.05) is 5.56 Å². The summed E-state index contributed by atoms with van der Waals surface area (Å²) >= 11 is 0. The second-order valence-corrected chi connectivity index (χ2v) is 3.23. The summed E-state index contributed by atoms with van der Waals surface area (Å²) in [5, 5.41) is 0. The van der Waals surface area contributed by atoms with Crippen LogP contribution in [-0.4, -0.2) is 13.0 Å².